The smallest absolute Gasteiger partial charge is 0.366 e. The summed E-state index contributed by atoms with van der Waals surface area (Å²) in [5.41, 5.74) is 1.01. The van der Waals surface area contributed by atoms with Crippen LogP contribution in [0.5, 0.6) is 0 Å². The molecule has 2 fully saturated rings. The molecule has 0 radical (unpaired) electrons. The molecule has 2 aliphatic heterocycles. The third kappa shape index (κ3) is 3.44. The Labute approximate surface area is 155 Å². The van der Waals surface area contributed by atoms with Crippen molar-refractivity contribution in [3.63, 3.8) is 0 Å². The van der Waals surface area contributed by atoms with Gasteiger partial charge in [0.25, 0.3) is 0 Å². The summed E-state index contributed by atoms with van der Waals surface area (Å²) in [5.74, 6) is 0.914. The van der Waals surface area contributed by atoms with E-state index >= 15 is 0 Å². The van der Waals surface area contributed by atoms with Gasteiger partial charge in [-0.2, -0.15) is 18.4 Å². The van der Waals surface area contributed by atoms with Gasteiger partial charge in [0.2, 0.25) is 0 Å². The molecule has 1 aromatic heterocycles. The van der Waals surface area contributed by atoms with E-state index in [0.717, 1.165) is 43.8 Å². The van der Waals surface area contributed by atoms with Crippen molar-refractivity contribution >= 4 is 11.5 Å². The number of anilines is 2. The van der Waals surface area contributed by atoms with E-state index in [1.54, 1.807) is 12.1 Å². The van der Waals surface area contributed by atoms with Gasteiger partial charge in [-0.25, -0.2) is 4.98 Å². The number of aromatic nitrogens is 1. The highest BCUT2D eigenvalue weighted by atomic mass is 19.4. The number of fused-ring (bicyclic) bond motifs is 1. The third-order valence-electron chi connectivity index (χ3n) is 5.59. The molecule has 2 aromatic rings. The second-order valence-corrected chi connectivity index (χ2v) is 7.10. The van der Waals surface area contributed by atoms with E-state index < -0.39 is 11.7 Å². The summed E-state index contributed by atoms with van der Waals surface area (Å²) < 4.78 is 39.1. The summed E-state index contributed by atoms with van der Waals surface area (Å²) in [7, 11) is 0. The monoisotopic (exact) mass is 372 g/mol. The highest BCUT2D eigenvalue weighted by Gasteiger charge is 2.39. The maximum absolute atomic E-state index is 13.0. The Balaban J connectivity index is 1.55. The molecule has 0 amide bonds. The van der Waals surface area contributed by atoms with Gasteiger partial charge in [-0.15, -0.1) is 0 Å². The normalized spacial score (nSPS) is 22.4. The van der Waals surface area contributed by atoms with Crippen molar-refractivity contribution in [3.8, 4) is 6.07 Å². The van der Waals surface area contributed by atoms with E-state index in [4.69, 9.17) is 5.26 Å². The highest BCUT2D eigenvalue weighted by Crippen LogP contribution is 2.37. The first kappa shape index (κ1) is 17.7. The van der Waals surface area contributed by atoms with E-state index in [-0.39, 0.29) is 6.04 Å². The van der Waals surface area contributed by atoms with Crippen molar-refractivity contribution in [1.29, 1.82) is 5.26 Å². The number of nitriles is 1. The lowest BCUT2D eigenvalue weighted by Crippen LogP contribution is -2.48. The number of hydrogen-bond donors (Lipinski definition) is 0. The second kappa shape index (κ2) is 6.76. The number of piperidine rings is 1. The molecule has 4 nitrogen and oxygen atoms in total. The minimum Gasteiger partial charge on any atom is -0.366 e. The summed E-state index contributed by atoms with van der Waals surface area (Å²) in [6.07, 6.45) is -1.11. The molecule has 4 rings (SSSR count). The van der Waals surface area contributed by atoms with Gasteiger partial charge >= 0.3 is 6.18 Å². The molecule has 2 aliphatic rings. The van der Waals surface area contributed by atoms with E-state index in [0.29, 0.717) is 23.8 Å². The molecule has 7 heteroatoms. The summed E-state index contributed by atoms with van der Waals surface area (Å²) in [4.78, 5) is 8.45. The number of hydrogen-bond acceptors (Lipinski definition) is 4. The van der Waals surface area contributed by atoms with E-state index in [9.17, 15) is 13.2 Å². The second-order valence-electron chi connectivity index (χ2n) is 7.10. The minimum atomic E-state index is -4.36. The van der Waals surface area contributed by atoms with Crippen molar-refractivity contribution in [1.82, 2.24) is 4.98 Å². The largest absolute Gasteiger partial charge is 0.416 e. The number of alkyl halides is 3. The molecule has 140 valence electrons. The lowest BCUT2D eigenvalue weighted by molar-refractivity contribution is -0.137. The summed E-state index contributed by atoms with van der Waals surface area (Å²) in [6.45, 7) is 2.29. The Morgan fingerprint density at radius 3 is 2.52 bits per heavy atom. The van der Waals surface area contributed by atoms with Crippen LogP contribution < -0.4 is 9.80 Å². The average molecular weight is 372 g/mol. The van der Waals surface area contributed by atoms with Crippen LogP contribution in [0.4, 0.5) is 24.7 Å². The maximum Gasteiger partial charge on any atom is 0.416 e. The topological polar surface area (TPSA) is 43.2 Å². The molecule has 0 N–H and O–H groups in total. The molecule has 0 aliphatic carbocycles. The van der Waals surface area contributed by atoms with Gasteiger partial charge in [-0.3, -0.25) is 0 Å². The number of halogens is 3. The van der Waals surface area contributed by atoms with E-state index in [1.807, 2.05) is 17.0 Å². The lowest BCUT2D eigenvalue weighted by Gasteiger charge is -2.40. The van der Waals surface area contributed by atoms with Crippen molar-refractivity contribution in [3.05, 3.63) is 53.7 Å². The Morgan fingerprint density at radius 2 is 1.81 bits per heavy atom. The zero-order valence-electron chi connectivity index (χ0n) is 14.7. The van der Waals surface area contributed by atoms with Crippen LogP contribution in [-0.2, 0) is 6.18 Å². The van der Waals surface area contributed by atoms with Gasteiger partial charge in [0, 0.05) is 37.6 Å². The van der Waals surface area contributed by atoms with E-state index in [1.165, 1.54) is 6.20 Å². The van der Waals surface area contributed by atoms with Crippen LogP contribution in [0.1, 0.15) is 24.0 Å². The van der Waals surface area contributed by atoms with Crippen LogP contribution in [-0.4, -0.2) is 30.7 Å². The fraction of sp³-hybridized carbons (Fsp3) is 0.400. The third-order valence-corrected chi connectivity index (χ3v) is 5.59. The summed E-state index contributed by atoms with van der Waals surface area (Å²) in [5, 5.41) is 8.96. The van der Waals surface area contributed by atoms with Crippen molar-refractivity contribution in [2.24, 2.45) is 5.92 Å². The zero-order valence-corrected chi connectivity index (χ0v) is 14.7. The van der Waals surface area contributed by atoms with Crippen LogP contribution in [0.15, 0.2) is 42.6 Å². The summed E-state index contributed by atoms with van der Waals surface area (Å²) >= 11 is 0. The first-order valence-electron chi connectivity index (χ1n) is 9.01. The molecular formula is C20H19F3N4. The highest BCUT2D eigenvalue weighted by molar-refractivity contribution is 5.53. The zero-order chi connectivity index (χ0) is 19.0. The van der Waals surface area contributed by atoms with Gasteiger partial charge < -0.3 is 9.80 Å². The average Bonchev–Trinajstić information content (AvgIpc) is 3.11. The van der Waals surface area contributed by atoms with Crippen LogP contribution in [0, 0.1) is 17.2 Å². The molecule has 0 spiro atoms. The van der Waals surface area contributed by atoms with Crippen LogP contribution in [0.25, 0.3) is 0 Å². The molecule has 1 aromatic carbocycles. The van der Waals surface area contributed by atoms with Gasteiger partial charge in [0.15, 0.2) is 0 Å². The van der Waals surface area contributed by atoms with Gasteiger partial charge in [-0.05, 0) is 55.2 Å². The quantitative estimate of drug-likeness (QED) is 0.797. The fourth-order valence-electron chi connectivity index (χ4n) is 4.16. The van der Waals surface area contributed by atoms with Crippen molar-refractivity contribution in [2.75, 3.05) is 29.4 Å². The predicted octanol–water partition coefficient (Wildman–Crippen LogP) is 4.08. The molecular weight excluding hydrogens is 353 g/mol. The first-order valence-corrected chi connectivity index (χ1v) is 9.01. The fourth-order valence-corrected chi connectivity index (χ4v) is 4.16. The van der Waals surface area contributed by atoms with Gasteiger partial charge in [-0.1, -0.05) is 0 Å². The molecule has 27 heavy (non-hydrogen) atoms. The Morgan fingerprint density at radius 1 is 1.07 bits per heavy atom. The number of pyridine rings is 1. The maximum atomic E-state index is 13.0. The van der Waals surface area contributed by atoms with Crippen molar-refractivity contribution < 1.29 is 13.2 Å². The molecule has 2 atom stereocenters. The number of nitrogens with zero attached hydrogens (tertiary/aromatic N) is 4. The van der Waals surface area contributed by atoms with Crippen LogP contribution >= 0.6 is 0 Å². The molecule has 2 unspecified atom stereocenters. The Hall–Kier alpha value is -2.75. The van der Waals surface area contributed by atoms with Crippen LogP contribution in [0.3, 0.4) is 0 Å². The first-order chi connectivity index (χ1) is 13.0. The summed E-state index contributed by atoms with van der Waals surface area (Å²) in [6, 6.07) is 12.0. The predicted molar refractivity (Wildman–Crippen MR) is 96.5 cm³/mol. The SMILES string of the molecule is N#Cc1ccc(N2CCC3CCN(c4cc(C(F)(F)F)ccn4)CC32)cc1. The number of rotatable bonds is 2. The molecule has 3 heterocycles. The standard InChI is InChI=1S/C20H19F3N4/c21-20(22,23)16-5-8-25-19(11-16)26-9-6-15-7-10-27(18(15)13-26)17-3-1-14(12-24)2-4-17/h1-5,8,11,15,18H,6-7,9-10,13H2. The van der Waals surface area contributed by atoms with Gasteiger partial charge in [0.05, 0.1) is 17.2 Å². The number of benzene rings is 1. The Kier molecular flexibility index (Phi) is 4.42. The van der Waals surface area contributed by atoms with Gasteiger partial charge in [0.1, 0.15) is 5.82 Å². The van der Waals surface area contributed by atoms with Crippen molar-refractivity contribution in [2.45, 2.75) is 25.1 Å². The minimum absolute atomic E-state index is 0.239. The lowest BCUT2D eigenvalue weighted by atomic mass is 9.92. The Bertz CT molecular complexity index is 857. The van der Waals surface area contributed by atoms with E-state index in [2.05, 4.69) is 16.0 Å². The molecule has 0 saturated carbocycles. The molecule has 2 saturated heterocycles. The van der Waals surface area contributed by atoms with Crippen LogP contribution in [0.2, 0.25) is 0 Å². The molecule has 0 bridgehead atoms.